The van der Waals surface area contributed by atoms with Gasteiger partial charge in [0.1, 0.15) is 12.3 Å². The van der Waals surface area contributed by atoms with Crippen LogP contribution in [0.1, 0.15) is 10.4 Å². The third-order valence-electron chi connectivity index (χ3n) is 5.65. The molecule has 0 saturated carbocycles. The number of carbonyl (C=O) groups is 2. The number of fused-ring (bicyclic) bond motifs is 1. The standard InChI is InChI=1S/C26H25N3O8S2/c1-34-18-9-11-19(12-10-18)39(32,33)28-17-7-5-16(6-8-17)25(31)27-26-29(15-24(30)37-4)20-13-21(35-2)22(36-3)14-23(20)38-26/h5-14,28H,15H2,1-4H3. The molecule has 4 aromatic rings. The Morgan fingerprint density at radius 1 is 0.897 bits per heavy atom. The Labute approximate surface area is 228 Å². The van der Waals surface area contributed by atoms with Gasteiger partial charge in [0.05, 0.1) is 43.6 Å². The number of benzene rings is 3. The van der Waals surface area contributed by atoms with Crippen molar-refractivity contribution in [2.24, 2.45) is 4.99 Å². The number of carbonyl (C=O) groups excluding carboxylic acids is 2. The molecule has 0 aliphatic heterocycles. The summed E-state index contributed by atoms with van der Waals surface area (Å²) < 4.78 is 50.7. The van der Waals surface area contributed by atoms with E-state index in [0.717, 1.165) is 0 Å². The topological polar surface area (TPSA) is 135 Å². The molecule has 0 unspecified atom stereocenters. The van der Waals surface area contributed by atoms with Crippen molar-refractivity contribution in [1.82, 2.24) is 4.57 Å². The number of hydrogen-bond acceptors (Lipinski definition) is 9. The van der Waals surface area contributed by atoms with Crippen LogP contribution in [0, 0.1) is 0 Å². The molecule has 1 amide bonds. The van der Waals surface area contributed by atoms with Crippen molar-refractivity contribution < 1.29 is 37.0 Å². The number of nitrogens with one attached hydrogen (secondary N) is 1. The van der Waals surface area contributed by atoms with Gasteiger partial charge in [0.25, 0.3) is 15.9 Å². The fourth-order valence-corrected chi connectivity index (χ4v) is 5.73. The molecule has 0 saturated heterocycles. The Morgan fingerprint density at radius 2 is 1.54 bits per heavy atom. The zero-order chi connectivity index (χ0) is 28.2. The summed E-state index contributed by atoms with van der Waals surface area (Å²) in [6.45, 7) is -0.176. The van der Waals surface area contributed by atoms with Gasteiger partial charge in [-0.05, 0) is 48.5 Å². The van der Waals surface area contributed by atoms with Gasteiger partial charge in [-0.25, -0.2) is 8.42 Å². The van der Waals surface area contributed by atoms with Gasteiger partial charge >= 0.3 is 5.97 Å². The first kappa shape index (κ1) is 27.7. The first-order chi connectivity index (χ1) is 18.7. The van der Waals surface area contributed by atoms with E-state index < -0.39 is 21.9 Å². The molecule has 0 spiro atoms. The van der Waals surface area contributed by atoms with E-state index in [1.54, 1.807) is 28.8 Å². The molecular weight excluding hydrogens is 546 g/mol. The van der Waals surface area contributed by atoms with Crippen molar-refractivity contribution in [3.8, 4) is 17.2 Å². The average Bonchev–Trinajstić information content (AvgIpc) is 3.27. The quantitative estimate of drug-likeness (QED) is 0.302. The molecule has 0 aliphatic rings. The van der Waals surface area contributed by atoms with Gasteiger partial charge in [-0.2, -0.15) is 4.99 Å². The van der Waals surface area contributed by atoms with E-state index in [1.165, 1.54) is 76.2 Å². The summed E-state index contributed by atoms with van der Waals surface area (Å²) in [7, 11) is 1.92. The van der Waals surface area contributed by atoms with Gasteiger partial charge in [0.15, 0.2) is 16.3 Å². The lowest BCUT2D eigenvalue weighted by molar-refractivity contribution is -0.141. The highest BCUT2D eigenvalue weighted by Gasteiger charge is 2.17. The van der Waals surface area contributed by atoms with Crippen LogP contribution in [-0.4, -0.2) is 53.3 Å². The molecule has 0 fully saturated rings. The Bertz CT molecular complexity index is 1690. The Morgan fingerprint density at radius 3 is 2.13 bits per heavy atom. The van der Waals surface area contributed by atoms with E-state index in [9.17, 15) is 18.0 Å². The number of ether oxygens (including phenoxy) is 4. The summed E-state index contributed by atoms with van der Waals surface area (Å²) in [4.78, 5) is 29.7. The molecule has 4 rings (SSSR count). The first-order valence-electron chi connectivity index (χ1n) is 11.4. The lowest BCUT2D eigenvalue weighted by Crippen LogP contribution is -2.22. The molecule has 39 heavy (non-hydrogen) atoms. The molecule has 1 N–H and O–H groups in total. The molecular formula is C26H25N3O8S2. The highest BCUT2D eigenvalue weighted by Crippen LogP contribution is 2.33. The van der Waals surface area contributed by atoms with Crippen LogP contribution in [0.2, 0.25) is 0 Å². The Balaban J connectivity index is 1.64. The minimum Gasteiger partial charge on any atom is -0.497 e. The number of anilines is 1. The zero-order valence-electron chi connectivity index (χ0n) is 21.5. The second-order valence-electron chi connectivity index (χ2n) is 8.00. The van der Waals surface area contributed by atoms with Crippen molar-refractivity contribution in [3.05, 3.63) is 71.0 Å². The van der Waals surface area contributed by atoms with Crippen LogP contribution < -0.4 is 23.7 Å². The molecule has 0 radical (unpaired) electrons. The molecule has 0 aliphatic carbocycles. The van der Waals surface area contributed by atoms with E-state index in [2.05, 4.69) is 9.71 Å². The maximum Gasteiger partial charge on any atom is 0.325 e. The third kappa shape index (κ3) is 6.04. The first-order valence-corrected chi connectivity index (χ1v) is 13.7. The molecule has 0 atom stereocenters. The average molecular weight is 572 g/mol. The van der Waals surface area contributed by atoms with Crippen LogP contribution in [0.4, 0.5) is 5.69 Å². The summed E-state index contributed by atoms with van der Waals surface area (Å²) in [5.74, 6) is 0.370. The van der Waals surface area contributed by atoms with Gasteiger partial charge in [0, 0.05) is 23.4 Å². The minimum atomic E-state index is -3.85. The molecule has 1 heterocycles. The van der Waals surface area contributed by atoms with Crippen LogP contribution in [-0.2, 0) is 26.1 Å². The van der Waals surface area contributed by atoms with E-state index in [0.29, 0.717) is 27.5 Å². The SMILES string of the molecule is COC(=O)Cn1c(=NC(=O)c2ccc(NS(=O)(=O)c3ccc(OC)cc3)cc2)sc2cc(OC)c(OC)cc21. The monoisotopic (exact) mass is 571 g/mol. The zero-order valence-corrected chi connectivity index (χ0v) is 23.1. The van der Waals surface area contributed by atoms with Gasteiger partial charge < -0.3 is 23.5 Å². The second kappa shape index (κ2) is 11.6. The Kier molecular flexibility index (Phi) is 8.21. The Hall–Kier alpha value is -4.36. The van der Waals surface area contributed by atoms with E-state index in [4.69, 9.17) is 18.9 Å². The largest absolute Gasteiger partial charge is 0.497 e. The second-order valence-corrected chi connectivity index (χ2v) is 10.7. The molecule has 1 aromatic heterocycles. The fourth-order valence-electron chi connectivity index (χ4n) is 3.63. The molecule has 204 valence electrons. The van der Waals surface area contributed by atoms with E-state index >= 15 is 0 Å². The van der Waals surface area contributed by atoms with Gasteiger partial charge in [-0.1, -0.05) is 11.3 Å². The van der Waals surface area contributed by atoms with Crippen molar-refractivity contribution in [1.29, 1.82) is 0 Å². The fraction of sp³-hybridized carbons (Fsp3) is 0.192. The van der Waals surface area contributed by atoms with Crippen molar-refractivity contribution >= 4 is 49.1 Å². The van der Waals surface area contributed by atoms with E-state index in [1.807, 2.05) is 0 Å². The van der Waals surface area contributed by atoms with Crippen LogP contribution in [0.15, 0.2) is 70.6 Å². The minimum absolute atomic E-state index is 0.0617. The van der Waals surface area contributed by atoms with Gasteiger partial charge in [-0.15, -0.1) is 0 Å². The number of sulfonamides is 1. The van der Waals surface area contributed by atoms with Crippen molar-refractivity contribution in [2.45, 2.75) is 11.4 Å². The lowest BCUT2D eigenvalue weighted by atomic mass is 10.2. The van der Waals surface area contributed by atoms with Gasteiger partial charge in [0.2, 0.25) is 0 Å². The molecule has 13 heteroatoms. The summed E-state index contributed by atoms with van der Waals surface area (Å²) in [6.07, 6.45) is 0. The molecule has 3 aromatic carbocycles. The smallest absolute Gasteiger partial charge is 0.325 e. The number of rotatable bonds is 9. The maximum absolute atomic E-state index is 13.0. The molecule has 11 nitrogen and oxygen atoms in total. The number of methoxy groups -OCH3 is 4. The maximum atomic E-state index is 13.0. The predicted octanol–water partition coefficient (Wildman–Crippen LogP) is 3.44. The summed E-state index contributed by atoms with van der Waals surface area (Å²) in [6, 6.07) is 15.2. The normalized spacial score (nSPS) is 11.7. The third-order valence-corrected chi connectivity index (χ3v) is 8.09. The highest BCUT2D eigenvalue weighted by molar-refractivity contribution is 7.92. The number of thiazole rings is 1. The van der Waals surface area contributed by atoms with Crippen LogP contribution in [0.3, 0.4) is 0 Å². The summed E-state index contributed by atoms with van der Waals surface area (Å²) >= 11 is 1.19. The van der Waals surface area contributed by atoms with E-state index in [-0.39, 0.29) is 27.5 Å². The number of esters is 1. The van der Waals surface area contributed by atoms with Crippen LogP contribution in [0.25, 0.3) is 10.2 Å². The van der Waals surface area contributed by atoms with Crippen molar-refractivity contribution in [3.63, 3.8) is 0 Å². The predicted molar refractivity (Wildman–Crippen MR) is 145 cm³/mol. The summed E-state index contributed by atoms with van der Waals surface area (Å²) in [5, 5.41) is 0. The van der Waals surface area contributed by atoms with Gasteiger partial charge in [-0.3, -0.25) is 14.3 Å². The number of hydrogen-bond donors (Lipinski definition) is 1. The summed E-state index contributed by atoms with van der Waals surface area (Å²) in [5.41, 5.74) is 1.10. The van der Waals surface area contributed by atoms with Crippen LogP contribution >= 0.6 is 11.3 Å². The number of amides is 1. The number of nitrogens with zero attached hydrogens (tertiary/aromatic N) is 2. The van der Waals surface area contributed by atoms with Crippen LogP contribution in [0.5, 0.6) is 17.2 Å². The van der Waals surface area contributed by atoms with Crippen molar-refractivity contribution in [2.75, 3.05) is 33.2 Å². The lowest BCUT2D eigenvalue weighted by Gasteiger charge is -2.09. The molecule has 0 bridgehead atoms. The highest BCUT2D eigenvalue weighted by atomic mass is 32.2. The number of aromatic nitrogens is 1.